The number of hydrogen-bond donors (Lipinski definition) is 3. The van der Waals surface area contributed by atoms with Gasteiger partial charge in [0.05, 0.1) is 11.3 Å². The highest BCUT2D eigenvalue weighted by atomic mass is 19.4. The summed E-state index contributed by atoms with van der Waals surface area (Å²) >= 11 is 0. The van der Waals surface area contributed by atoms with Gasteiger partial charge in [-0.1, -0.05) is 6.07 Å². The van der Waals surface area contributed by atoms with Gasteiger partial charge in [-0.05, 0) is 36.4 Å². The number of carbonyl (C=O) groups is 1. The molecule has 0 radical (unpaired) electrons. The number of carbonyl (C=O) groups excluding carboxylic acids is 1. The molecule has 2 rings (SSSR count). The number of benzene rings is 2. The maximum atomic E-state index is 13.1. The summed E-state index contributed by atoms with van der Waals surface area (Å²) in [5.74, 6) is -1.64. The molecule has 116 valence electrons. The van der Waals surface area contributed by atoms with Crippen LogP contribution >= 0.6 is 0 Å². The Morgan fingerprint density at radius 1 is 1.00 bits per heavy atom. The third-order valence-corrected chi connectivity index (χ3v) is 2.71. The molecule has 0 aromatic heterocycles. The molecular formula is C14H10F4N2O2. The predicted octanol–water partition coefficient (Wildman–Crippen LogP) is 4.19. The number of halogens is 4. The van der Waals surface area contributed by atoms with Crippen molar-refractivity contribution in [2.45, 2.75) is 6.18 Å². The summed E-state index contributed by atoms with van der Waals surface area (Å²) in [4.78, 5) is 11.6. The molecule has 0 aliphatic carbocycles. The minimum Gasteiger partial charge on any atom is -0.503 e. The molecule has 0 saturated carbocycles. The van der Waals surface area contributed by atoms with Gasteiger partial charge in [0.1, 0.15) is 0 Å². The Hall–Kier alpha value is -2.77. The second-order valence-electron chi connectivity index (χ2n) is 4.29. The number of alkyl halides is 3. The van der Waals surface area contributed by atoms with E-state index in [0.717, 1.165) is 30.3 Å². The molecule has 0 atom stereocenters. The molecule has 0 bridgehead atoms. The molecular weight excluding hydrogens is 304 g/mol. The lowest BCUT2D eigenvalue weighted by molar-refractivity contribution is -0.137. The molecule has 0 aliphatic rings. The van der Waals surface area contributed by atoms with Crippen molar-refractivity contribution in [2.75, 3.05) is 10.6 Å². The number of rotatable bonds is 2. The molecule has 0 fully saturated rings. The number of aromatic hydroxyl groups is 1. The third kappa shape index (κ3) is 3.66. The number of para-hydroxylation sites is 1. The van der Waals surface area contributed by atoms with Crippen molar-refractivity contribution in [3.8, 4) is 5.75 Å². The molecule has 4 nitrogen and oxygen atoms in total. The van der Waals surface area contributed by atoms with Crippen molar-refractivity contribution in [3.63, 3.8) is 0 Å². The first-order valence-electron chi connectivity index (χ1n) is 6.00. The molecule has 0 spiro atoms. The smallest absolute Gasteiger partial charge is 0.416 e. The maximum Gasteiger partial charge on any atom is 0.416 e. The van der Waals surface area contributed by atoms with Crippen LogP contribution in [0.3, 0.4) is 0 Å². The van der Waals surface area contributed by atoms with E-state index in [1.165, 1.54) is 12.1 Å². The quantitative estimate of drug-likeness (QED) is 0.575. The third-order valence-electron chi connectivity index (χ3n) is 2.71. The van der Waals surface area contributed by atoms with Crippen LogP contribution in [-0.4, -0.2) is 11.1 Å². The fourth-order valence-corrected chi connectivity index (χ4v) is 1.64. The maximum absolute atomic E-state index is 13.1. The Morgan fingerprint density at radius 2 is 1.64 bits per heavy atom. The minimum absolute atomic E-state index is 0.112. The van der Waals surface area contributed by atoms with E-state index in [1.807, 2.05) is 0 Å². The lowest BCUT2D eigenvalue weighted by Crippen LogP contribution is -2.19. The number of phenolic OH excluding ortho intramolecular Hbond substituents is 1. The zero-order valence-electron chi connectivity index (χ0n) is 10.9. The molecule has 0 saturated heterocycles. The van der Waals surface area contributed by atoms with Gasteiger partial charge in [0, 0.05) is 5.69 Å². The van der Waals surface area contributed by atoms with Gasteiger partial charge in [-0.15, -0.1) is 0 Å². The second-order valence-corrected chi connectivity index (χ2v) is 4.29. The number of phenols is 1. The Labute approximate surface area is 122 Å². The number of hydrogen-bond acceptors (Lipinski definition) is 2. The van der Waals surface area contributed by atoms with Gasteiger partial charge in [-0.3, -0.25) is 0 Å². The molecule has 3 N–H and O–H groups in total. The summed E-state index contributed by atoms with van der Waals surface area (Å²) < 4.78 is 50.3. The number of nitrogens with one attached hydrogen (secondary N) is 2. The van der Waals surface area contributed by atoms with Crippen molar-refractivity contribution in [2.24, 2.45) is 0 Å². The summed E-state index contributed by atoms with van der Waals surface area (Å²) in [6.45, 7) is 0. The molecule has 0 unspecified atom stereocenters. The van der Waals surface area contributed by atoms with Gasteiger partial charge in [-0.2, -0.15) is 13.2 Å². The topological polar surface area (TPSA) is 61.4 Å². The molecule has 8 heteroatoms. The molecule has 2 aromatic carbocycles. The van der Waals surface area contributed by atoms with Gasteiger partial charge >= 0.3 is 12.2 Å². The van der Waals surface area contributed by atoms with Crippen LogP contribution in [0.25, 0.3) is 0 Å². The van der Waals surface area contributed by atoms with E-state index >= 15 is 0 Å². The highest BCUT2D eigenvalue weighted by molar-refractivity contribution is 6.00. The summed E-state index contributed by atoms with van der Waals surface area (Å²) in [7, 11) is 0. The van der Waals surface area contributed by atoms with E-state index < -0.39 is 29.3 Å². The van der Waals surface area contributed by atoms with Crippen LogP contribution in [0, 0.1) is 5.82 Å². The van der Waals surface area contributed by atoms with Gasteiger partial charge in [0.25, 0.3) is 0 Å². The SMILES string of the molecule is O=C(Nc1ccc(C(F)(F)F)cc1)Nc1cccc(F)c1O. The van der Waals surface area contributed by atoms with Crippen molar-refractivity contribution in [1.82, 2.24) is 0 Å². The lowest BCUT2D eigenvalue weighted by Gasteiger charge is -2.10. The first kappa shape index (κ1) is 15.6. The summed E-state index contributed by atoms with van der Waals surface area (Å²) in [5.41, 5.74) is -0.896. The summed E-state index contributed by atoms with van der Waals surface area (Å²) in [6, 6.07) is 6.51. The fraction of sp³-hybridized carbons (Fsp3) is 0.0714. The van der Waals surface area contributed by atoms with Crippen molar-refractivity contribution in [1.29, 1.82) is 0 Å². The molecule has 0 aliphatic heterocycles. The van der Waals surface area contributed by atoms with Crippen LogP contribution < -0.4 is 10.6 Å². The Bertz CT molecular complexity index is 684. The van der Waals surface area contributed by atoms with E-state index in [-0.39, 0.29) is 11.4 Å². The fourth-order valence-electron chi connectivity index (χ4n) is 1.64. The highest BCUT2D eigenvalue weighted by Gasteiger charge is 2.29. The summed E-state index contributed by atoms with van der Waals surface area (Å²) in [5, 5.41) is 13.8. The Morgan fingerprint density at radius 3 is 2.23 bits per heavy atom. The molecule has 0 heterocycles. The number of urea groups is 1. The van der Waals surface area contributed by atoms with Gasteiger partial charge in [0.2, 0.25) is 0 Å². The number of anilines is 2. The van der Waals surface area contributed by atoms with Gasteiger partial charge in [-0.25, -0.2) is 9.18 Å². The van der Waals surface area contributed by atoms with Crippen molar-refractivity contribution >= 4 is 17.4 Å². The van der Waals surface area contributed by atoms with Crippen LogP contribution in [0.2, 0.25) is 0 Å². The van der Waals surface area contributed by atoms with E-state index in [2.05, 4.69) is 10.6 Å². The summed E-state index contributed by atoms with van der Waals surface area (Å²) in [6.07, 6.45) is -4.46. The Balaban J connectivity index is 2.05. The average molecular weight is 314 g/mol. The van der Waals surface area contributed by atoms with E-state index in [4.69, 9.17) is 0 Å². The Kier molecular flexibility index (Phi) is 4.20. The number of amides is 2. The zero-order chi connectivity index (χ0) is 16.3. The molecule has 22 heavy (non-hydrogen) atoms. The van der Waals surface area contributed by atoms with Crippen molar-refractivity contribution in [3.05, 3.63) is 53.8 Å². The molecule has 2 aromatic rings. The first-order chi connectivity index (χ1) is 10.3. The minimum atomic E-state index is -4.46. The standard InChI is InChI=1S/C14H10F4N2O2/c15-10-2-1-3-11(12(10)21)20-13(22)19-9-6-4-8(5-7-9)14(16,17)18/h1-7,21H,(H2,19,20,22). The van der Waals surface area contributed by atoms with Crippen LogP contribution in [0.4, 0.5) is 33.7 Å². The monoisotopic (exact) mass is 314 g/mol. The second kappa shape index (κ2) is 5.92. The van der Waals surface area contributed by atoms with Crippen LogP contribution in [0.5, 0.6) is 5.75 Å². The normalized spacial score (nSPS) is 11.1. The predicted molar refractivity (Wildman–Crippen MR) is 72.2 cm³/mol. The van der Waals surface area contributed by atoms with Crippen LogP contribution in [0.15, 0.2) is 42.5 Å². The highest BCUT2D eigenvalue weighted by Crippen LogP contribution is 2.30. The van der Waals surface area contributed by atoms with Crippen LogP contribution in [0.1, 0.15) is 5.56 Å². The van der Waals surface area contributed by atoms with Crippen LogP contribution in [-0.2, 0) is 6.18 Å². The largest absolute Gasteiger partial charge is 0.503 e. The van der Waals surface area contributed by atoms with Gasteiger partial charge in [0.15, 0.2) is 11.6 Å². The van der Waals surface area contributed by atoms with Gasteiger partial charge < -0.3 is 15.7 Å². The van der Waals surface area contributed by atoms with E-state index in [0.29, 0.717) is 0 Å². The lowest BCUT2D eigenvalue weighted by atomic mass is 10.2. The average Bonchev–Trinajstić information content (AvgIpc) is 2.43. The van der Waals surface area contributed by atoms with E-state index in [1.54, 1.807) is 0 Å². The first-order valence-corrected chi connectivity index (χ1v) is 6.00. The molecule has 2 amide bonds. The van der Waals surface area contributed by atoms with Crippen molar-refractivity contribution < 1.29 is 27.5 Å². The van der Waals surface area contributed by atoms with E-state index in [9.17, 15) is 27.5 Å². The zero-order valence-corrected chi connectivity index (χ0v) is 10.9.